The second-order valence-electron chi connectivity index (χ2n) is 8.53. The summed E-state index contributed by atoms with van der Waals surface area (Å²) in [7, 11) is 3.58. The maximum atomic E-state index is 12.1. The van der Waals surface area contributed by atoms with Gasteiger partial charge in [-0.15, -0.1) is 24.0 Å². The monoisotopic (exact) mass is 521 g/mol. The van der Waals surface area contributed by atoms with Crippen LogP contribution in [0.1, 0.15) is 52.3 Å². The van der Waals surface area contributed by atoms with Crippen LogP contribution in [-0.4, -0.2) is 82.9 Å². The zero-order chi connectivity index (χ0) is 20.7. The van der Waals surface area contributed by atoms with Crippen molar-refractivity contribution < 1.29 is 9.53 Å². The van der Waals surface area contributed by atoms with E-state index in [0.717, 1.165) is 44.3 Å². The molecule has 1 amide bonds. The zero-order valence-corrected chi connectivity index (χ0v) is 20.8. The molecule has 2 N–H and O–H groups in total. The van der Waals surface area contributed by atoms with Gasteiger partial charge in [0.1, 0.15) is 17.8 Å². The van der Waals surface area contributed by atoms with Gasteiger partial charge < -0.3 is 19.9 Å². The lowest BCUT2D eigenvalue weighted by atomic mass is 9.96. The van der Waals surface area contributed by atoms with Crippen LogP contribution >= 0.6 is 24.0 Å². The summed E-state index contributed by atoms with van der Waals surface area (Å²) >= 11 is 0. The van der Waals surface area contributed by atoms with Crippen molar-refractivity contribution in [3.63, 3.8) is 0 Å². The van der Waals surface area contributed by atoms with Crippen molar-refractivity contribution in [1.29, 1.82) is 0 Å². The summed E-state index contributed by atoms with van der Waals surface area (Å²) < 4.78 is 5.41. The molecule has 10 heteroatoms. The molecule has 0 saturated carbocycles. The summed E-state index contributed by atoms with van der Waals surface area (Å²) in [5.74, 6) is 2.57. The van der Waals surface area contributed by atoms with Gasteiger partial charge in [0, 0.05) is 46.2 Å². The van der Waals surface area contributed by atoms with Crippen molar-refractivity contribution in [2.75, 3.05) is 40.3 Å². The number of hydrogen-bond donors (Lipinski definition) is 2. The molecule has 1 atom stereocenters. The predicted molar refractivity (Wildman–Crippen MR) is 125 cm³/mol. The largest absolute Gasteiger partial charge is 0.444 e. The average molecular weight is 521 g/mol. The molecule has 2 rings (SSSR count). The molecule has 0 spiro atoms. The summed E-state index contributed by atoms with van der Waals surface area (Å²) in [6.07, 6.45) is 3.32. The van der Waals surface area contributed by atoms with Crippen molar-refractivity contribution in [3.8, 4) is 0 Å². The van der Waals surface area contributed by atoms with Crippen LogP contribution in [0.3, 0.4) is 0 Å². The van der Waals surface area contributed by atoms with Crippen LogP contribution in [0.5, 0.6) is 0 Å². The van der Waals surface area contributed by atoms with Crippen molar-refractivity contribution in [3.05, 3.63) is 12.2 Å². The van der Waals surface area contributed by atoms with Gasteiger partial charge in [-0.1, -0.05) is 6.92 Å². The number of halogens is 1. The van der Waals surface area contributed by atoms with E-state index in [1.54, 1.807) is 18.3 Å². The van der Waals surface area contributed by atoms with Crippen molar-refractivity contribution in [2.45, 2.75) is 52.1 Å². The Kier molecular flexibility index (Phi) is 10.1. The lowest BCUT2D eigenvalue weighted by Gasteiger charge is -2.34. The van der Waals surface area contributed by atoms with Gasteiger partial charge in [-0.05, 0) is 39.5 Å². The molecular weight excluding hydrogens is 485 g/mol. The smallest absolute Gasteiger partial charge is 0.410 e. The third-order valence-corrected chi connectivity index (χ3v) is 4.73. The van der Waals surface area contributed by atoms with Gasteiger partial charge in [0.05, 0.1) is 0 Å². The molecule has 9 nitrogen and oxygen atoms in total. The molecule has 1 aliphatic rings. The number of amides is 1. The van der Waals surface area contributed by atoms with Gasteiger partial charge in [0.15, 0.2) is 5.96 Å². The number of aromatic amines is 1. The van der Waals surface area contributed by atoms with E-state index >= 15 is 0 Å². The summed E-state index contributed by atoms with van der Waals surface area (Å²) in [6.45, 7) is 10.9. The first-order valence-electron chi connectivity index (χ1n) is 9.94. The topological polar surface area (TPSA) is 98.7 Å². The van der Waals surface area contributed by atoms with E-state index in [0.29, 0.717) is 12.5 Å². The molecule has 1 aromatic rings. The quantitative estimate of drug-likeness (QED) is 0.351. The highest BCUT2D eigenvalue weighted by Gasteiger charge is 2.25. The standard InChI is InChI=1S/C19H35N7O2.HI/c1-14(12-25(6)18(27)28-19(2,3)4)11-21-17(20-5)26-9-7-15(8-10-26)16-22-13-23-24-16;/h13-15H,7-12H2,1-6H3,(H,20,21)(H,22,23,24);1H. The van der Waals surface area contributed by atoms with Crippen LogP contribution in [0.15, 0.2) is 11.3 Å². The van der Waals surface area contributed by atoms with Crippen LogP contribution in [0, 0.1) is 5.92 Å². The Morgan fingerprint density at radius 1 is 1.45 bits per heavy atom. The summed E-state index contributed by atoms with van der Waals surface area (Å²) in [4.78, 5) is 24.7. The first kappa shape index (κ1) is 25.4. The molecule has 1 aromatic heterocycles. The van der Waals surface area contributed by atoms with Crippen LogP contribution in [0.25, 0.3) is 0 Å². The fraction of sp³-hybridized carbons (Fsp3) is 0.789. The number of likely N-dealkylation sites (tertiary alicyclic amines) is 1. The highest BCUT2D eigenvalue weighted by molar-refractivity contribution is 14.0. The van der Waals surface area contributed by atoms with Crippen molar-refractivity contribution in [2.24, 2.45) is 10.9 Å². The Morgan fingerprint density at radius 2 is 2.10 bits per heavy atom. The van der Waals surface area contributed by atoms with Crippen LogP contribution in [-0.2, 0) is 4.74 Å². The summed E-state index contributed by atoms with van der Waals surface area (Å²) in [5.41, 5.74) is -0.479. The van der Waals surface area contributed by atoms with Crippen LogP contribution < -0.4 is 5.32 Å². The van der Waals surface area contributed by atoms with Crippen molar-refractivity contribution >= 4 is 36.0 Å². The number of rotatable bonds is 5. The minimum atomic E-state index is -0.479. The molecular formula is C19H36IN7O2. The molecule has 0 aliphatic carbocycles. The number of carbonyl (C=O) groups is 1. The Balaban J connectivity index is 0.00000420. The number of H-pyrrole nitrogens is 1. The Labute approximate surface area is 191 Å². The molecule has 1 unspecified atom stereocenters. The summed E-state index contributed by atoms with van der Waals surface area (Å²) in [6, 6.07) is 0. The normalized spacial score (nSPS) is 16.8. The highest BCUT2D eigenvalue weighted by atomic mass is 127. The van der Waals surface area contributed by atoms with Gasteiger partial charge in [-0.3, -0.25) is 10.1 Å². The molecule has 2 heterocycles. The fourth-order valence-electron chi connectivity index (χ4n) is 3.32. The van der Waals surface area contributed by atoms with E-state index in [2.05, 4.69) is 37.3 Å². The number of nitrogens with zero attached hydrogens (tertiary/aromatic N) is 5. The number of aliphatic imine (C=N–C) groups is 1. The number of carbonyl (C=O) groups excluding carboxylic acids is 1. The molecule has 29 heavy (non-hydrogen) atoms. The second-order valence-corrected chi connectivity index (χ2v) is 8.53. The number of ether oxygens (including phenoxy) is 1. The van der Waals surface area contributed by atoms with E-state index in [1.807, 2.05) is 27.8 Å². The number of nitrogens with one attached hydrogen (secondary N) is 2. The number of piperidine rings is 1. The van der Waals surface area contributed by atoms with Gasteiger partial charge in [-0.25, -0.2) is 9.78 Å². The lowest BCUT2D eigenvalue weighted by molar-refractivity contribution is 0.0277. The predicted octanol–water partition coefficient (Wildman–Crippen LogP) is 2.68. The first-order valence-corrected chi connectivity index (χ1v) is 9.94. The second kappa shape index (κ2) is 11.6. The molecule has 0 aromatic carbocycles. The minimum absolute atomic E-state index is 0. The molecule has 1 aliphatic heterocycles. The molecule has 0 bridgehead atoms. The average Bonchev–Trinajstić information content (AvgIpc) is 3.16. The third kappa shape index (κ3) is 8.35. The maximum Gasteiger partial charge on any atom is 0.410 e. The SMILES string of the molecule is CN=C(NCC(C)CN(C)C(=O)OC(C)(C)C)N1CCC(c2ncn[nH]2)CC1.I. The summed E-state index contributed by atoms with van der Waals surface area (Å²) in [5, 5.41) is 10.4. The van der Waals surface area contributed by atoms with Gasteiger partial charge in [0.2, 0.25) is 0 Å². The van der Waals surface area contributed by atoms with Crippen LogP contribution in [0.4, 0.5) is 4.79 Å². The number of aromatic nitrogens is 3. The van der Waals surface area contributed by atoms with E-state index in [9.17, 15) is 4.79 Å². The molecule has 1 fully saturated rings. The Hall–Kier alpha value is -1.59. The van der Waals surface area contributed by atoms with E-state index < -0.39 is 5.60 Å². The highest BCUT2D eigenvalue weighted by Crippen LogP contribution is 2.24. The van der Waals surface area contributed by atoms with Crippen LogP contribution in [0.2, 0.25) is 0 Å². The molecule has 166 valence electrons. The maximum absolute atomic E-state index is 12.1. The van der Waals surface area contributed by atoms with Gasteiger partial charge in [0.25, 0.3) is 0 Å². The third-order valence-electron chi connectivity index (χ3n) is 4.73. The van der Waals surface area contributed by atoms with Gasteiger partial charge >= 0.3 is 6.09 Å². The number of guanidine groups is 1. The first-order chi connectivity index (χ1) is 13.2. The van der Waals surface area contributed by atoms with E-state index in [-0.39, 0.29) is 36.0 Å². The van der Waals surface area contributed by atoms with Gasteiger partial charge in [-0.2, -0.15) is 5.10 Å². The number of hydrogen-bond acceptors (Lipinski definition) is 5. The Bertz CT molecular complexity index is 637. The zero-order valence-electron chi connectivity index (χ0n) is 18.4. The molecule has 0 radical (unpaired) electrons. The Morgan fingerprint density at radius 3 is 2.62 bits per heavy atom. The van der Waals surface area contributed by atoms with E-state index in [4.69, 9.17) is 4.74 Å². The minimum Gasteiger partial charge on any atom is -0.444 e. The fourth-order valence-corrected chi connectivity index (χ4v) is 3.32. The van der Waals surface area contributed by atoms with E-state index in [1.165, 1.54) is 0 Å². The lowest BCUT2D eigenvalue weighted by Crippen LogP contribution is -2.47. The van der Waals surface area contributed by atoms with Crippen molar-refractivity contribution in [1.82, 2.24) is 30.3 Å². The molecule has 1 saturated heterocycles.